The van der Waals surface area contributed by atoms with E-state index in [0.29, 0.717) is 28.5 Å². The summed E-state index contributed by atoms with van der Waals surface area (Å²) in [7, 11) is 3.21. The topological polar surface area (TPSA) is 60.0 Å². The van der Waals surface area contributed by atoms with E-state index in [-0.39, 0.29) is 18.3 Å². The highest BCUT2D eigenvalue weighted by Crippen LogP contribution is 2.38. The molecule has 0 fully saturated rings. The van der Waals surface area contributed by atoms with E-state index in [9.17, 15) is 9.18 Å². The summed E-state index contributed by atoms with van der Waals surface area (Å²) in [4.78, 5) is 15.2. The maximum absolute atomic E-state index is 13.7. The lowest BCUT2D eigenvalue weighted by molar-refractivity contribution is 0.0975. The van der Waals surface area contributed by atoms with E-state index >= 15 is 0 Å². The molecule has 7 heteroatoms. The Morgan fingerprint density at radius 2 is 1.64 bits per heavy atom. The number of nitrogens with zero attached hydrogens (tertiary/aromatic N) is 1. The van der Waals surface area contributed by atoms with Crippen LogP contribution in [0, 0.1) is 5.82 Å². The molecule has 1 N–H and O–H groups in total. The molecule has 5 rings (SSSR count). The van der Waals surface area contributed by atoms with Gasteiger partial charge in [-0.25, -0.2) is 4.39 Å². The van der Waals surface area contributed by atoms with Gasteiger partial charge in [0, 0.05) is 23.0 Å². The summed E-state index contributed by atoms with van der Waals surface area (Å²) in [6.07, 6.45) is -0.528. The molecular formula is C29H25FN2O4. The van der Waals surface area contributed by atoms with Crippen LogP contribution in [0.4, 0.5) is 15.8 Å². The van der Waals surface area contributed by atoms with Crippen LogP contribution in [-0.2, 0) is 6.61 Å². The van der Waals surface area contributed by atoms with Crippen LogP contribution in [-0.4, -0.2) is 20.1 Å². The number of hydrogen-bond acceptors (Lipinski definition) is 5. The first kappa shape index (κ1) is 23.2. The van der Waals surface area contributed by atoms with Crippen LogP contribution in [0.1, 0.15) is 27.7 Å². The maximum atomic E-state index is 13.7. The quantitative estimate of drug-likeness (QED) is 0.339. The Balaban J connectivity index is 1.52. The van der Waals surface area contributed by atoms with Crippen molar-refractivity contribution in [3.05, 3.63) is 114 Å². The fraction of sp³-hybridized carbons (Fsp3) is 0.138. The number of nitrogens with one attached hydrogen (secondary N) is 1. The average molecular weight is 485 g/mol. The predicted octanol–water partition coefficient (Wildman–Crippen LogP) is 6.19. The number of halogens is 1. The summed E-state index contributed by atoms with van der Waals surface area (Å²) in [5, 5.41) is 3.47. The number of hydrogen-bond donors (Lipinski definition) is 1. The van der Waals surface area contributed by atoms with Crippen molar-refractivity contribution in [1.82, 2.24) is 0 Å². The third-order valence-corrected chi connectivity index (χ3v) is 6.09. The number of para-hydroxylation sites is 1. The lowest BCUT2D eigenvalue weighted by Crippen LogP contribution is -2.43. The summed E-state index contributed by atoms with van der Waals surface area (Å²) in [5.74, 6) is 1.49. The van der Waals surface area contributed by atoms with Gasteiger partial charge in [0.15, 0.2) is 0 Å². The Kier molecular flexibility index (Phi) is 6.45. The van der Waals surface area contributed by atoms with E-state index in [2.05, 4.69) is 5.32 Å². The van der Waals surface area contributed by atoms with Gasteiger partial charge in [-0.2, -0.15) is 0 Å². The molecule has 0 radical (unpaired) electrons. The third-order valence-electron chi connectivity index (χ3n) is 6.09. The molecule has 0 spiro atoms. The first-order valence-corrected chi connectivity index (χ1v) is 11.5. The molecule has 1 heterocycles. The van der Waals surface area contributed by atoms with Crippen molar-refractivity contribution >= 4 is 17.3 Å². The van der Waals surface area contributed by atoms with Crippen LogP contribution in [0.15, 0.2) is 91.0 Å². The van der Waals surface area contributed by atoms with Gasteiger partial charge in [0.05, 0.1) is 19.8 Å². The van der Waals surface area contributed by atoms with Crippen molar-refractivity contribution in [3.8, 4) is 17.2 Å². The van der Waals surface area contributed by atoms with Crippen molar-refractivity contribution in [3.63, 3.8) is 0 Å². The zero-order valence-electron chi connectivity index (χ0n) is 19.9. The predicted molar refractivity (Wildman–Crippen MR) is 136 cm³/mol. The van der Waals surface area contributed by atoms with Crippen molar-refractivity contribution in [2.75, 3.05) is 24.4 Å². The molecule has 0 saturated heterocycles. The number of ether oxygens (including phenoxy) is 3. The molecule has 4 aromatic rings. The summed E-state index contributed by atoms with van der Waals surface area (Å²) in [5.41, 5.74) is 3.50. The molecule has 0 aromatic heterocycles. The summed E-state index contributed by atoms with van der Waals surface area (Å²) in [6.45, 7) is 0.248. The molecule has 1 amide bonds. The Labute approximate surface area is 208 Å². The number of benzene rings is 4. The van der Waals surface area contributed by atoms with Gasteiger partial charge in [0.1, 0.15) is 35.8 Å². The summed E-state index contributed by atoms with van der Waals surface area (Å²) < 4.78 is 30.5. The summed E-state index contributed by atoms with van der Waals surface area (Å²) in [6, 6.07) is 26.3. The van der Waals surface area contributed by atoms with Gasteiger partial charge in [-0.1, -0.05) is 24.3 Å². The van der Waals surface area contributed by atoms with Crippen LogP contribution >= 0.6 is 0 Å². The second-order valence-corrected chi connectivity index (χ2v) is 8.28. The highest BCUT2D eigenvalue weighted by Gasteiger charge is 2.34. The molecule has 0 aliphatic carbocycles. The molecule has 1 atom stereocenters. The van der Waals surface area contributed by atoms with E-state index in [1.807, 2.05) is 60.7 Å². The van der Waals surface area contributed by atoms with Crippen LogP contribution in [0.2, 0.25) is 0 Å². The number of methoxy groups -OCH3 is 2. The van der Waals surface area contributed by atoms with Gasteiger partial charge in [-0.05, 0) is 66.2 Å². The lowest BCUT2D eigenvalue weighted by Gasteiger charge is -2.38. The van der Waals surface area contributed by atoms with Gasteiger partial charge in [-0.3, -0.25) is 9.69 Å². The molecule has 182 valence electrons. The summed E-state index contributed by atoms with van der Waals surface area (Å²) >= 11 is 0. The highest BCUT2D eigenvalue weighted by atomic mass is 19.1. The normalized spacial score (nSPS) is 14.6. The van der Waals surface area contributed by atoms with Gasteiger partial charge in [0.2, 0.25) is 0 Å². The van der Waals surface area contributed by atoms with Crippen molar-refractivity contribution < 1.29 is 23.4 Å². The minimum atomic E-state index is -0.528. The van der Waals surface area contributed by atoms with Crippen LogP contribution in [0.3, 0.4) is 0 Å². The second-order valence-electron chi connectivity index (χ2n) is 8.28. The van der Waals surface area contributed by atoms with Crippen LogP contribution in [0.5, 0.6) is 17.2 Å². The molecule has 6 nitrogen and oxygen atoms in total. The van der Waals surface area contributed by atoms with E-state index in [1.165, 1.54) is 12.1 Å². The van der Waals surface area contributed by atoms with E-state index < -0.39 is 6.17 Å². The van der Waals surface area contributed by atoms with Gasteiger partial charge in [0.25, 0.3) is 5.91 Å². The molecular weight excluding hydrogens is 459 g/mol. The van der Waals surface area contributed by atoms with Crippen LogP contribution in [0.25, 0.3) is 0 Å². The minimum absolute atomic E-state index is 0.175. The first-order chi connectivity index (χ1) is 17.6. The van der Waals surface area contributed by atoms with E-state index in [4.69, 9.17) is 14.2 Å². The van der Waals surface area contributed by atoms with Gasteiger partial charge >= 0.3 is 0 Å². The highest BCUT2D eigenvalue weighted by molar-refractivity contribution is 6.12. The minimum Gasteiger partial charge on any atom is -0.497 e. The number of rotatable bonds is 7. The fourth-order valence-electron chi connectivity index (χ4n) is 4.29. The Hall–Kier alpha value is -4.52. The third kappa shape index (κ3) is 4.55. The Morgan fingerprint density at radius 1 is 0.861 bits per heavy atom. The fourth-order valence-corrected chi connectivity index (χ4v) is 4.29. The van der Waals surface area contributed by atoms with E-state index in [0.717, 1.165) is 16.8 Å². The largest absolute Gasteiger partial charge is 0.497 e. The van der Waals surface area contributed by atoms with Crippen molar-refractivity contribution in [2.24, 2.45) is 0 Å². The average Bonchev–Trinajstić information content (AvgIpc) is 2.92. The smallest absolute Gasteiger partial charge is 0.262 e. The molecule has 0 saturated carbocycles. The van der Waals surface area contributed by atoms with Crippen molar-refractivity contribution in [1.29, 1.82) is 0 Å². The molecule has 1 unspecified atom stereocenters. The molecule has 1 aliphatic heterocycles. The number of fused-ring (bicyclic) bond motifs is 1. The first-order valence-electron chi connectivity index (χ1n) is 11.5. The molecule has 0 bridgehead atoms. The number of anilines is 2. The molecule has 4 aromatic carbocycles. The Bertz CT molecular complexity index is 1390. The lowest BCUT2D eigenvalue weighted by atomic mass is 10.0. The molecule has 1 aliphatic rings. The zero-order chi connectivity index (χ0) is 25.1. The Morgan fingerprint density at radius 3 is 2.42 bits per heavy atom. The molecule has 36 heavy (non-hydrogen) atoms. The zero-order valence-corrected chi connectivity index (χ0v) is 19.9. The standard InChI is InChI=1S/C29H25FN2O4/c1-34-23-6-5-7-24(17-23)36-18-20-16-19(10-15-27(20)35-2)28-31-26-9-4-3-8-25(26)29(33)32(28)22-13-11-21(30)12-14-22/h3-17,28,31H,18H2,1-2H3. The van der Waals surface area contributed by atoms with Crippen molar-refractivity contribution in [2.45, 2.75) is 12.8 Å². The van der Waals surface area contributed by atoms with Gasteiger partial charge in [-0.15, -0.1) is 0 Å². The van der Waals surface area contributed by atoms with Crippen LogP contribution < -0.4 is 24.4 Å². The number of carbonyl (C=O) groups is 1. The number of carbonyl (C=O) groups excluding carboxylic acids is 1. The maximum Gasteiger partial charge on any atom is 0.262 e. The second kappa shape index (κ2) is 10.00. The van der Waals surface area contributed by atoms with Gasteiger partial charge < -0.3 is 19.5 Å². The number of amides is 1. The van der Waals surface area contributed by atoms with E-state index in [1.54, 1.807) is 37.3 Å². The SMILES string of the molecule is COc1cccc(OCc2cc(C3Nc4ccccc4C(=O)N3c3ccc(F)cc3)ccc2OC)c1. The monoisotopic (exact) mass is 484 g/mol.